The molecule has 0 aliphatic rings. The van der Waals surface area contributed by atoms with Crippen LogP contribution in [0.25, 0.3) is 11.0 Å². The normalized spacial score (nSPS) is 11.7. The Morgan fingerprint density at radius 3 is 2.43 bits per heavy atom. The molecule has 0 saturated heterocycles. The van der Waals surface area contributed by atoms with Gasteiger partial charge in [-0.15, -0.1) is 11.3 Å². The van der Waals surface area contributed by atoms with E-state index in [0.717, 1.165) is 11.3 Å². The Balaban J connectivity index is 2.06. The highest BCUT2D eigenvalue weighted by molar-refractivity contribution is 9.10. The van der Waals surface area contributed by atoms with E-state index in [1.807, 2.05) is 0 Å². The number of hydrogen-bond acceptors (Lipinski definition) is 5. The zero-order valence-electron chi connectivity index (χ0n) is 10.2. The monoisotopic (exact) mass is 403 g/mol. The number of benzene rings is 1. The van der Waals surface area contributed by atoms with Gasteiger partial charge in [0.25, 0.3) is 10.0 Å². The highest BCUT2D eigenvalue weighted by Gasteiger charge is 2.21. The van der Waals surface area contributed by atoms with E-state index in [1.54, 1.807) is 35.7 Å². The van der Waals surface area contributed by atoms with E-state index in [4.69, 9.17) is 11.6 Å². The number of nitrogens with one attached hydrogen (secondary N) is 1. The third-order valence-corrected chi connectivity index (χ3v) is 6.86. The van der Waals surface area contributed by atoms with Crippen molar-refractivity contribution in [2.75, 3.05) is 4.72 Å². The largest absolute Gasteiger partial charge is 0.273 e. The van der Waals surface area contributed by atoms with Gasteiger partial charge >= 0.3 is 0 Å². The minimum Gasteiger partial charge on any atom is -0.260 e. The van der Waals surface area contributed by atoms with Crippen LogP contribution >= 0.6 is 38.9 Å². The maximum atomic E-state index is 12.3. The minimum absolute atomic E-state index is 0.00459. The minimum atomic E-state index is -3.76. The quantitative estimate of drug-likeness (QED) is 0.718. The molecule has 0 radical (unpaired) electrons. The van der Waals surface area contributed by atoms with Crippen LogP contribution in [0.1, 0.15) is 0 Å². The molecule has 2 heterocycles. The molecule has 0 aliphatic heterocycles. The van der Waals surface area contributed by atoms with Crippen LogP contribution in [0.2, 0.25) is 5.15 Å². The SMILES string of the molecule is O=S(=O)(Nc1nc2ccccc2nc1Cl)c1sccc1Br. The van der Waals surface area contributed by atoms with E-state index in [1.165, 1.54) is 0 Å². The Kier molecular flexibility index (Phi) is 3.87. The fourth-order valence-electron chi connectivity index (χ4n) is 1.69. The number of nitrogens with zero attached hydrogens (tertiary/aromatic N) is 2. The summed E-state index contributed by atoms with van der Waals surface area (Å²) in [5.74, 6) is 0.00988. The average Bonchev–Trinajstić information content (AvgIpc) is 2.86. The van der Waals surface area contributed by atoms with Crippen molar-refractivity contribution in [1.82, 2.24) is 9.97 Å². The second-order valence-corrected chi connectivity index (χ2v) is 8.02. The molecule has 21 heavy (non-hydrogen) atoms. The number of fused-ring (bicyclic) bond motifs is 1. The predicted octanol–water partition coefficient (Wildman–Crippen LogP) is 3.91. The van der Waals surface area contributed by atoms with Crippen molar-refractivity contribution < 1.29 is 8.42 Å². The Morgan fingerprint density at radius 2 is 1.81 bits per heavy atom. The van der Waals surface area contributed by atoms with Crippen LogP contribution in [0.3, 0.4) is 0 Å². The van der Waals surface area contributed by atoms with Crippen molar-refractivity contribution >= 4 is 65.7 Å². The van der Waals surface area contributed by atoms with Gasteiger partial charge in [0, 0.05) is 4.47 Å². The van der Waals surface area contributed by atoms with E-state index < -0.39 is 10.0 Å². The van der Waals surface area contributed by atoms with Gasteiger partial charge in [-0.2, -0.15) is 0 Å². The summed E-state index contributed by atoms with van der Waals surface area (Å²) in [6.07, 6.45) is 0. The van der Waals surface area contributed by atoms with Crippen LogP contribution in [-0.4, -0.2) is 18.4 Å². The van der Waals surface area contributed by atoms with Gasteiger partial charge in [0.15, 0.2) is 15.2 Å². The number of thiophene rings is 1. The van der Waals surface area contributed by atoms with E-state index in [9.17, 15) is 8.42 Å². The van der Waals surface area contributed by atoms with Crippen molar-refractivity contribution in [3.05, 3.63) is 45.3 Å². The van der Waals surface area contributed by atoms with Crippen molar-refractivity contribution in [2.24, 2.45) is 0 Å². The van der Waals surface area contributed by atoms with E-state index in [-0.39, 0.29) is 15.2 Å². The van der Waals surface area contributed by atoms with E-state index in [0.29, 0.717) is 15.5 Å². The molecule has 0 fully saturated rings. The molecule has 0 spiro atoms. The zero-order chi connectivity index (χ0) is 15.0. The number of rotatable bonds is 3. The predicted molar refractivity (Wildman–Crippen MR) is 87.4 cm³/mol. The summed E-state index contributed by atoms with van der Waals surface area (Å²) < 4.78 is 27.6. The van der Waals surface area contributed by atoms with E-state index >= 15 is 0 Å². The molecular formula is C12H7BrClN3O2S2. The lowest BCUT2D eigenvalue weighted by Gasteiger charge is -2.08. The molecule has 1 N–H and O–H groups in total. The van der Waals surface area contributed by atoms with Crippen LogP contribution in [-0.2, 0) is 10.0 Å². The average molecular weight is 405 g/mol. The van der Waals surface area contributed by atoms with Gasteiger partial charge in [0.2, 0.25) is 0 Å². The Labute approximate surface area is 138 Å². The topological polar surface area (TPSA) is 72.0 Å². The maximum Gasteiger partial charge on any atom is 0.273 e. The first-order valence-electron chi connectivity index (χ1n) is 5.65. The Bertz CT molecular complexity index is 927. The van der Waals surface area contributed by atoms with Gasteiger partial charge in [-0.3, -0.25) is 4.72 Å². The molecule has 3 rings (SSSR count). The summed E-state index contributed by atoms with van der Waals surface area (Å²) in [6.45, 7) is 0. The van der Waals surface area contributed by atoms with Crippen molar-refractivity contribution in [2.45, 2.75) is 4.21 Å². The van der Waals surface area contributed by atoms with Crippen molar-refractivity contribution in [3.63, 3.8) is 0 Å². The first-order chi connectivity index (χ1) is 9.97. The molecule has 0 aliphatic carbocycles. The number of anilines is 1. The summed E-state index contributed by atoms with van der Waals surface area (Å²) in [5, 5.41) is 1.68. The molecule has 0 amide bonds. The van der Waals surface area contributed by atoms with Crippen LogP contribution < -0.4 is 4.72 Å². The lowest BCUT2D eigenvalue weighted by Crippen LogP contribution is -2.14. The molecule has 0 bridgehead atoms. The van der Waals surface area contributed by atoms with Gasteiger partial charge in [0.05, 0.1) is 11.0 Å². The molecule has 1 aromatic carbocycles. The number of sulfonamides is 1. The lowest BCUT2D eigenvalue weighted by atomic mass is 10.3. The van der Waals surface area contributed by atoms with Crippen LogP contribution in [0, 0.1) is 0 Å². The van der Waals surface area contributed by atoms with Crippen LogP contribution in [0.5, 0.6) is 0 Å². The number of para-hydroxylation sites is 2. The molecule has 108 valence electrons. The van der Waals surface area contributed by atoms with Crippen LogP contribution in [0.4, 0.5) is 5.82 Å². The molecule has 0 saturated carbocycles. The van der Waals surface area contributed by atoms with Gasteiger partial charge in [0.1, 0.15) is 0 Å². The summed E-state index contributed by atoms with van der Waals surface area (Å²) in [6, 6.07) is 8.74. The molecule has 2 aromatic heterocycles. The van der Waals surface area contributed by atoms with Gasteiger partial charge in [-0.25, -0.2) is 18.4 Å². The molecular weight excluding hydrogens is 398 g/mol. The summed E-state index contributed by atoms with van der Waals surface area (Å²) >= 11 is 10.3. The highest BCUT2D eigenvalue weighted by atomic mass is 79.9. The summed E-state index contributed by atoms with van der Waals surface area (Å²) in [7, 11) is -3.76. The molecule has 9 heteroatoms. The van der Waals surface area contributed by atoms with Gasteiger partial charge in [-0.05, 0) is 39.5 Å². The third kappa shape index (κ3) is 2.89. The van der Waals surface area contributed by atoms with Crippen molar-refractivity contribution in [1.29, 1.82) is 0 Å². The molecule has 5 nitrogen and oxygen atoms in total. The standard InChI is InChI=1S/C12H7BrClN3O2S2/c13-7-5-6-20-12(7)21(18,19)17-11-10(14)15-8-3-1-2-4-9(8)16-11/h1-6H,(H,16,17). The number of halogens is 2. The fraction of sp³-hybridized carbons (Fsp3) is 0. The second-order valence-electron chi connectivity index (χ2n) is 4.01. The molecule has 0 atom stereocenters. The van der Waals surface area contributed by atoms with Crippen LogP contribution in [0.15, 0.2) is 44.4 Å². The first kappa shape index (κ1) is 14.7. The smallest absolute Gasteiger partial charge is 0.260 e. The van der Waals surface area contributed by atoms with Gasteiger partial charge in [-0.1, -0.05) is 23.7 Å². The maximum absolute atomic E-state index is 12.3. The highest BCUT2D eigenvalue weighted by Crippen LogP contribution is 2.30. The van der Waals surface area contributed by atoms with Gasteiger partial charge < -0.3 is 0 Å². The number of hydrogen-bond donors (Lipinski definition) is 1. The van der Waals surface area contributed by atoms with Crippen molar-refractivity contribution in [3.8, 4) is 0 Å². The summed E-state index contributed by atoms with van der Waals surface area (Å²) in [5.41, 5.74) is 1.16. The summed E-state index contributed by atoms with van der Waals surface area (Å²) in [4.78, 5) is 8.34. The lowest BCUT2D eigenvalue weighted by molar-refractivity contribution is 0.602. The second kappa shape index (κ2) is 5.53. The fourth-order valence-corrected chi connectivity index (χ4v) is 5.27. The number of aromatic nitrogens is 2. The Hall–Kier alpha value is -1.22. The third-order valence-electron chi connectivity index (χ3n) is 2.59. The molecule has 3 aromatic rings. The molecule has 0 unspecified atom stereocenters. The first-order valence-corrected chi connectivity index (χ1v) is 9.19. The Morgan fingerprint density at radius 1 is 1.14 bits per heavy atom. The zero-order valence-corrected chi connectivity index (χ0v) is 14.2. The van der Waals surface area contributed by atoms with E-state index in [2.05, 4.69) is 30.6 Å².